The van der Waals surface area contributed by atoms with Gasteiger partial charge in [-0.15, -0.1) is 0 Å². The van der Waals surface area contributed by atoms with E-state index < -0.39 is 6.10 Å². The summed E-state index contributed by atoms with van der Waals surface area (Å²) in [6.07, 6.45) is 1.76. The topological polar surface area (TPSA) is 32.3 Å². The van der Waals surface area contributed by atoms with Gasteiger partial charge < -0.3 is 10.4 Å². The van der Waals surface area contributed by atoms with Gasteiger partial charge in [0.2, 0.25) is 0 Å². The van der Waals surface area contributed by atoms with Crippen LogP contribution in [0.1, 0.15) is 38.4 Å². The van der Waals surface area contributed by atoms with Crippen LogP contribution in [0.4, 0.5) is 0 Å². The SMILES string of the molecule is CCC(CC)NC[C@H](O)c1ccc2ccccc2c1. The van der Waals surface area contributed by atoms with Crippen LogP contribution in [0.2, 0.25) is 0 Å². The molecule has 1 atom stereocenters. The fourth-order valence-corrected chi connectivity index (χ4v) is 2.39. The number of rotatable bonds is 6. The highest BCUT2D eigenvalue weighted by Crippen LogP contribution is 2.20. The maximum Gasteiger partial charge on any atom is 0.0914 e. The molecule has 2 heteroatoms. The second-order valence-corrected chi connectivity index (χ2v) is 5.04. The van der Waals surface area contributed by atoms with Crippen LogP contribution in [0.3, 0.4) is 0 Å². The van der Waals surface area contributed by atoms with Gasteiger partial charge in [0.25, 0.3) is 0 Å². The Morgan fingerprint density at radius 2 is 1.68 bits per heavy atom. The quantitative estimate of drug-likeness (QED) is 0.828. The molecule has 0 aromatic heterocycles. The first-order chi connectivity index (χ1) is 9.24. The van der Waals surface area contributed by atoms with Crippen LogP contribution in [0.5, 0.6) is 0 Å². The zero-order chi connectivity index (χ0) is 13.7. The molecule has 2 rings (SSSR count). The molecular formula is C17H23NO. The summed E-state index contributed by atoms with van der Waals surface area (Å²) in [5.41, 5.74) is 0.983. The summed E-state index contributed by atoms with van der Waals surface area (Å²) in [5, 5.41) is 16.1. The highest BCUT2D eigenvalue weighted by atomic mass is 16.3. The minimum atomic E-state index is -0.440. The van der Waals surface area contributed by atoms with Crippen molar-refractivity contribution in [3.63, 3.8) is 0 Å². The van der Waals surface area contributed by atoms with Crippen molar-refractivity contribution in [1.82, 2.24) is 5.32 Å². The summed E-state index contributed by atoms with van der Waals surface area (Å²) in [4.78, 5) is 0. The van der Waals surface area contributed by atoms with E-state index in [-0.39, 0.29) is 0 Å². The lowest BCUT2D eigenvalue weighted by Gasteiger charge is -2.18. The fourth-order valence-electron chi connectivity index (χ4n) is 2.39. The molecule has 2 aromatic carbocycles. The van der Waals surface area contributed by atoms with Gasteiger partial charge in [-0.25, -0.2) is 0 Å². The van der Waals surface area contributed by atoms with Crippen LogP contribution in [0, 0.1) is 0 Å². The third-order valence-electron chi connectivity index (χ3n) is 3.74. The van der Waals surface area contributed by atoms with E-state index in [1.54, 1.807) is 0 Å². The zero-order valence-electron chi connectivity index (χ0n) is 11.8. The summed E-state index contributed by atoms with van der Waals surface area (Å²) in [5.74, 6) is 0. The van der Waals surface area contributed by atoms with E-state index in [1.165, 1.54) is 10.8 Å². The van der Waals surface area contributed by atoms with E-state index in [9.17, 15) is 5.11 Å². The summed E-state index contributed by atoms with van der Waals surface area (Å²) >= 11 is 0. The first kappa shape index (κ1) is 14.0. The standard InChI is InChI=1S/C17H23NO/c1-3-16(4-2)18-12-17(19)15-10-9-13-7-5-6-8-14(13)11-15/h5-11,16-19H,3-4,12H2,1-2H3/t17-/m0/s1. The third kappa shape index (κ3) is 3.55. The molecule has 0 aliphatic rings. The van der Waals surface area contributed by atoms with Crippen molar-refractivity contribution in [2.24, 2.45) is 0 Å². The minimum Gasteiger partial charge on any atom is -0.387 e. The number of aliphatic hydroxyl groups excluding tert-OH is 1. The molecule has 0 amide bonds. The largest absolute Gasteiger partial charge is 0.387 e. The van der Waals surface area contributed by atoms with Gasteiger partial charge in [0.1, 0.15) is 0 Å². The van der Waals surface area contributed by atoms with Crippen LogP contribution in [-0.4, -0.2) is 17.7 Å². The lowest BCUT2D eigenvalue weighted by Crippen LogP contribution is -2.31. The first-order valence-electron chi connectivity index (χ1n) is 7.14. The number of fused-ring (bicyclic) bond motifs is 1. The molecule has 0 fully saturated rings. The van der Waals surface area contributed by atoms with Crippen molar-refractivity contribution in [2.75, 3.05) is 6.54 Å². The predicted octanol–water partition coefficient (Wildman–Crippen LogP) is 3.65. The number of aliphatic hydroxyl groups is 1. The van der Waals surface area contributed by atoms with Crippen molar-refractivity contribution in [2.45, 2.75) is 38.8 Å². The van der Waals surface area contributed by atoms with Crippen LogP contribution in [0.25, 0.3) is 10.8 Å². The molecular weight excluding hydrogens is 234 g/mol. The van der Waals surface area contributed by atoms with Crippen molar-refractivity contribution in [1.29, 1.82) is 0 Å². The highest BCUT2D eigenvalue weighted by Gasteiger charge is 2.10. The third-order valence-corrected chi connectivity index (χ3v) is 3.74. The molecule has 0 bridgehead atoms. The summed E-state index contributed by atoms with van der Waals surface area (Å²) in [6, 6.07) is 14.9. The van der Waals surface area contributed by atoms with E-state index in [0.717, 1.165) is 18.4 Å². The lowest BCUT2D eigenvalue weighted by molar-refractivity contribution is 0.169. The van der Waals surface area contributed by atoms with Gasteiger partial charge >= 0.3 is 0 Å². The molecule has 2 aromatic rings. The molecule has 0 saturated carbocycles. The van der Waals surface area contributed by atoms with Crippen LogP contribution < -0.4 is 5.32 Å². The fraction of sp³-hybridized carbons (Fsp3) is 0.412. The van der Waals surface area contributed by atoms with E-state index in [0.29, 0.717) is 12.6 Å². The lowest BCUT2D eigenvalue weighted by atomic mass is 10.0. The van der Waals surface area contributed by atoms with Gasteiger partial charge in [-0.2, -0.15) is 0 Å². The Kier molecular flexibility index (Phi) is 4.94. The monoisotopic (exact) mass is 257 g/mol. The molecule has 0 aliphatic carbocycles. The van der Waals surface area contributed by atoms with E-state index in [2.05, 4.69) is 43.4 Å². The summed E-state index contributed by atoms with van der Waals surface area (Å²) in [6.45, 7) is 4.96. The van der Waals surface area contributed by atoms with E-state index >= 15 is 0 Å². The smallest absolute Gasteiger partial charge is 0.0914 e. The average molecular weight is 257 g/mol. The van der Waals surface area contributed by atoms with E-state index in [1.807, 2.05) is 18.2 Å². The maximum absolute atomic E-state index is 10.3. The van der Waals surface area contributed by atoms with Gasteiger partial charge in [0.15, 0.2) is 0 Å². The van der Waals surface area contributed by atoms with Crippen molar-refractivity contribution < 1.29 is 5.11 Å². The number of nitrogens with one attached hydrogen (secondary N) is 1. The Hall–Kier alpha value is -1.38. The molecule has 2 N–H and O–H groups in total. The van der Waals surface area contributed by atoms with Crippen molar-refractivity contribution >= 4 is 10.8 Å². The number of hydrogen-bond acceptors (Lipinski definition) is 2. The molecule has 2 nitrogen and oxygen atoms in total. The first-order valence-corrected chi connectivity index (χ1v) is 7.14. The van der Waals surface area contributed by atoms with Crippen LogP contribution in [0.15, 0.2) is 42.5 Å². The Labute approximate surface area is 115 Å². The van der Waals surface area contributed by atoms with Crippen molar-refractivity contribution in [3.05, 3.63) is 48.0 Å². The molecule has 0 aliphatic heterocycles. The molecule has 0 spiro atoms. The predicted molar refractivity (Wildman–Crippen MR) is 81.3 cm³/mol. The molecule has 0 heterocycles. The average Bonchev–Trinajstić information content (AvgIpc) is 2.47. The molecule has 102 valence electrons. The Bertz CT molecular complexity index is 519. The normalized spacial score (nSPS) is 13.1. The molecule has 19 heavy (non-hydrogen) atoms. The van der Waals surface area contributed by atoms with Gasteiger partial charge in [-0.1, -0.05) is 50.2 Å². The summed E-state index contributed by atoms with van der Waals surface area (Å²) in [7, 11) is 0. The second-order valence-electron chi connectivity index (χ2n) is 5.04. The number of hydrogen-bond donors (Lipinski definition) is 2. The molecule has 0 radical (unpaired) electrons. The van der Waals surface area contributed by atoms with Gasteiger partial charge in [0, 0.05) is 12.6 Å². The minimum absolute atomic E-state index is 0.440. The highest BCUT2D eigenvalue weighted by molar-refractivity contribution is 5.83. The Morgan fingerprint density at radius 1 is 1.00 bits per heavy atom. The molecule has 0 saturated heterocycles. The Balaban J connectivity index is 2.06. The maximum atomic E-state index is 10.3. The van der Waals surface area contributed by atoms with E-state index in [4.69, 9.17) is 0 Å². The summed E-state index contributed by atoms with van der Waals surface area (Å²) < 4.78 is 0. The second kappa shape index (κ2) is 6.69. The van der Waals surface area contributed by atoms with Crippen molar-refractivity contribution in [3.8, 4) is 0 Å². The van der Waals surface area contributed by atoms with Crippen LogP contribution in [-0.2, 0) is 0 Å². The van der Waals surface area contributed by atoms with Gasteiger partial charge in [-0.3, -0.25) is 0 Å². The van der Waals surface area contributed by atoms with Gasteiger partial charge in [0.05, 0.1) is 6.10 Å². The van der Waals surface area contributed by atoms with Crippen LogP contribution >= 0.6 is 0 Å². The Morgan fingerprint density at radius 3 is 2.37 bits per heavy atom. The van der Waals surface area contributed by atoms with Gasteiger partial charge in [-0.05, 0) is 35.2 Å². The zero-order valence-corrected chi connectivity index (χ0v) is 11.8. The number of benzene rings is 2. The molecule has 0 unspecified atom stereocenters.